The van der Waals surface area contributed by atoms with E-state index in [0.717, 1.165) is 36.7 Å². The normalized spacial score (nSPS) is 12.7. The van der Waals surface area contributed by atoms with Crippen LogP contribution in [0.25, 0.3) is 0 Å². The summed E-state index contributed by atoms with van der Waals surface area (Å²) in [5.74, 6) is 0.680. The average molecular weight is 294 g/mol. The third kappa shape index (κ3) is 4.53. The molecule has 0 radical (unpaired) electrons. The van der Waals surface area contributed by atoms with E-state index in [2.05, 4.69) is 9.80 Å². The molecule has 0 atom stereocenters. The number of aliphatic carboxylic acids is 1. The van der Waals surface area contributed by atoms with Crippen molar-refractivity contribution in [1.82, 2.24) is 4.90 Å². The lowest BCUT2D eigenvalue weighted by Crippen LogP contribution is -2.29. The molecule has 21 heavy (non-hydrogen) atoms. The Bertz CT molecular complexity index is 491. The zero-order valence-electron chi connectivity index (χ0n) is 12.5. The van der Waals surface area contributed by atoms with Crippen molar-refractivity contribution >= 4 is 11.7 Å². The van der Waals surface area contributed by atoms with Gasteiger partial charge in [0.2, 0.25) is 6.79 Å². The van der Waals surface area contributed by atoms with Crippen molar-refractivity contribution in [2.45, 2.75) is 12.8 Å². The summed E-state index contributed by atoms with van der Waals surface area (Å²) in [6.45, 7) is 2.51. The summed E-state index contributed by atoms with van der Waals surface area (Å²) in [5, 5.41) is 8.90. The summed E-state index contributed by atoms with van der Waals surface area (Å²) >= 11 is 0. The van der Waals surface area contributed by atoms with Crippen LogP contribution >= 0.6 is 0 Å². The van der Waals surface area contributed by atoms with Gasteiger partial charge in [0.05, 0.1) is 6.42 Å². The van der Waals surface area contributed by atoms with Gasteiger partial charge in [-0.2, -0.15) is 0 Å². The molecule has 1 heterocycles. The van der Waals surface area contributed by atoms with Crippen LogP contribution in [0, 0.1) is 0 Å². The standard InChI is InChI=1S/C15H22N2O4/c1-16(2)7-3-8-17(9-6-15(18)19)12-4-5-13-14(10-12)21-11-20-13/h4-5,10H,3,6-9,11H2,1-2H3,(H,18,19). The molecule has 0 saturated heterocycles. The molecular weight excluding hydrogens is 272 g/mol. The minimum atomic E-state index is -0.784. The molecular formula is C15H22N2O4. The molecule has 116 valence electrons. The van der Waals surface area contributed by atoms with Crippen LogP contribution in [-0.2, 0) is 4.79 Å². The molecule has 0 fully saturated rings. The number of ether oxygens (including phenoxy) is 2. The number of rotatable bonds is 8. The van der Waals surface area contributed by atoms with Crippen LogP contribution in [0.15, 0.2) is 18.2 Å². The summed E-state index contributed by atoms with van der Waals surface area (Å²) in [5.41, 5.74) is 0.972. The number of carboxylic acids is 1. The van der Waals surface area contributed by atoms with E-state index >= 15 is 0 Å². The highest BCUT2D eigenvalue weighted by atomic mass is 16.7. The number of anilines is 1. The molecule has 0 bridgehead atoms. The summed E-state index contributed by atoms with van der Waals surface area (Å²) in [7, 11) is 4.06. The lowest BCUT2D eigenvalue weighted by molar-refractivity contribution is -0.136. The van der Waals surface area contributed by atoms with Gasteiger partial charge in [-0.15, -0.1) is 0 Å². The van der Waals surface area contributed by atoms with Crippen LogP contribution in [0.1, 0.15) is 12.8 Å². The largest absolute Gasteiger partial charge is 0.481 e. The van der Waals surface area contributed by atoms with Gasteiger partial charge in [-0.05, 0) is 39.2 Å². The van der Waals surface area contributed by atoms with E-state index in [1.165, 1.54) is 0 Å². The number of carbonyl (C=O) groups is 1. The summed E-state index contributed by atoms with van der Waals surface area (Å²) in [4.78, 5) is 15.0. The Kier molecular flexibility index (Phi) is 5.27. The molecule has 0 aliphatic carbocycles. The van der Waals surface area contributed by atoms with Crippen molar-refractivity contribution < 1.29 is 19.4 Å². The molecule has 1 N–H and O–H groups in total. The SMILES string of the molecule is CN(C)CCCN(CCC(=O)O)c1ccc2c(c1)OCO2. The minimum absolute atomic E-state index is 0.121. The maximum Gasteiger partial charge on any atom is 0.305 e. The van der Waals surface area contributed by atoms with Gasteiger partial charge in [0.15, 0.2) is 11.5 Å². The minimum Gasteiger partial charge on any atom is -0.481 e. The van der Waals surface area contributed by atoms with Gasteiger partial charge in [0.25, 0.3) is 0 Å². The number of benzene rings is 1. The van der Waals surface area contributed by atoms with Gasteiger partial charge >= 0.3 is 5.97 Å². The van der Waals surface area contributed by atoms with Gasteiger partial charge < -0.3 is 24.4 Å². The Morgan fingerprint density at radius 1 is 1.19 bits per heavy atom. The summed E-state index contributed by atoms with van der Waals surface area (Å²) in [6.07, 6.45) is 1.09. The van der Waals surface area contributed by atoms with Gasteiger partial charge in [0.1, 0.15) is 0 Å². The maximum absolute atomic E-state index is 10.8. The molecule has 0 aromatic heterocycles. The molecule has 6 heteroatoms. The third-order valence-corrected chi connectivity index (χ3v) is 3.35. The van der Waals surface area contributed by atoms with E-state index in [-0.39, 0.29) is 13.2 Å². The molecule has 1 aromatic carbocycles. The van der Waals surface area contributed by atoms with Crippen LogP contribution in [0.3, 0.4) is 0 Å². The Balaban J connectivity index is 2.04. The summed E-state index contributed by atoms with van der Waals surface area (Å²) < 4.78 is 10.7. The number of fused-ring (bicyclic) bond motifs is 1. The first-order chi connectivity index (χ1) is 10.1. The van der Waals surface area contributed by atoms with E-state index in [9.17, 15) is 4.79 Å². The van der Waals surface area contributed by atoms with Crippen molar-refractivity contribution in [3.63, 3.8) is 0 Å². The highest BCUT2D eigenvalue weighted by Gasteiger charge is 2.16. The van der Waals surface area contributed by atoms with Crippen molar-refractivity contribution in [2.75, 3.05) is 45.4 Å². The van der Waals surface area contributed by atoms with Crippen LogP contribution in [-0.4, -0.2) is 56.5 Å². The molecule has 1 aromatic rings. The fourth-order valence-corrected chi connectivity index (χ4v) is 2.26. The fraction of sp³-hybridized carbons (Fsp3) is 0.533. The zero-order valence-corrected chi connectivity index (χ0v) is 12.5. The first-order valence-corrected chi connectivity index (χ1v) is 7.07. The third-order valence-electron chi connectivity index (χ3n) is 3.35. The lowest BCUT2D eigenvalue weighted by atomic mass is 10.2. The van der Waals surface area contributed by atoms with Crippen LogP contribution in [0.5, 0.6) is 11.5 Å². The number of nitrogens with zero attached hydrogens (tertiary/aromatic N) is 2. The van der Waals surface area contributed by atoms with Crippen molar-refractivity contribution in [3.8, 4) is 11.5 Å². The second kappa shape index (κ2) is 7.17. The Labute approximate surface area is 124 Å². The summed E-state index contributed by atoms with van der Waals surface area (Å²) in [6, 6.07) is 5.74. The Morgan fingerprint density at radius 3 is 2.67 bits per heavy atom. The highest BCUT2D eigenvalue weighted by Crippen LogP contribution is 2.35. The second-order valence-corrected chi connectivity index (χ2v) is 5.33. The van der Waals surface area contributed by atoms with Gasteiger partial charge in [-0.3, -0.25) is 4.79 Å². The first kappa shape index (κ1) is 15.4. The molecule has 0 amide bonds. The monoisotopic (exact) mass is 294 g/mol. The molecule has 1 aliphatic rings. The zero-order chi connectivity index (χ0) is 15.2. The van der Waals surface area contributed by atoms with Gasteiger partial charge in [-0.1, -0.05) is 0 Å². The molecule has 0 saturated carbocycles. The van der Waals surface area contributed by atoms with Gasteiger partial charge in [0, 0.05) is 24.8 Å². The second-order valence-electron chi connectivity index (χ2n) is 5.33. The first-order valence-electron chi connectivity index (χ1n) is 7.07. The smallest absolute Gasteiger partial charge is 0.305 e. The van der Waals surface area contributed by atoms with Crippen LogP contribution in [0.4, 0.5) is 5.69 Å². The van der Waals surface area contributed by atoms with Crippen molar-refractivity contribution in [2.24, 2.45) is 0 Å². The van der Waals surface area contributed by atoms with Gasteiger partial charge in [-0.25, -0.2) is 0 Å². The predicted octanol–water partition coefficient (Wildman–Crippen LogP) is 1.65. The fourth-order valence-electron chi connectivity index (χ4n) is 2.26. The van der Waals surface area contributed by atoms with Crippen LogP contribution < -0.4 is 14.4 Å². The van der Waals surface area contributed by atoms with Crippen molar-refractivity contribution in [3.05, 3.63) is 18.2 Å². The average Bonchev–Trinajstić information content (AvgIpc) is 2.89. The highest BCUT2D eigenvalue weighted by molar-refractivity contribution is 5.68. The number of hydrogen-bond acceptors (Lipinski definition) is 5. The Morgan fingerprint density at radius 2 is 1.95 bits per heavy atom. The van der Waals surface area contributed by atoms with Crippen LogP contribution in [0.2, 0.25) is 0 Å². The molecule has 1 aliphatic heterocycles. The number of hydrogen-bond donors (Lipinski definition) is 1. The quantitative estimate of drug-likeness (QED) is 0.786. The molecule has 0 spiro atoms. The maximum atomic E-state index is 10.8. The molecule has 0 unspecified atom stereocenters. The molecule has 6 nitrogen and oxygen atoms in total. The van der Waals surface area contributed by atoms with E-state index in [1.807, 2.05) is 32.3 Å². The lowest BCUT2D eigenvalue weighted by Gasteiger charge is -2.25. The van der Waals surface area contributed by atoms with Crippen molar-refractivity contribution in [1.29, 1.82) is 0 Å². The van der Waals surface area contributed by atoms with E-state index in [0.29, 0.717) is 6.54 Å². The topological polar surface area (TPSA) is 62.2 Å². The number of carboxylic acid groups (broad SMARTS) is 1. The predicted molar refractivity (Wildman–Crippen MR) is 80.2 cm³/mol. The molecule has 2 rings (SSSR count). The van der Waals surface area contributed by atoms with E-state index in [4.69, 9.17) is 14.6 Å². The Hall–Kier alpha value is -1.95. The van der Waals surface area contributed by atoms with E-state index < -0.39 is 5.97 Å². The van der Waals surface area contributed by atoms with E-state index in [1.54, 1.807) is 0 Å².